The molecule has 2 rings (SSSR count). The van der Waals surface area contributed by atoms with Crippen LogP contribution in [0.4, 0.5) is 5.95 Å². The quantitative estimate of drug-likeness (QED) is 0.887. The van der Waals surface area contributed by atoms with E-state index in [0.717, 1.165) is 32.2 Å². The van der Waals surface area contributed by atoms with E-state index in [1.807, 2.05) is 0 Å². The van der Waals surface area contributed by atoms with Crippen LogP contribution < -0.4 is 10.1 Å². The molecule has 0 aliphatic heterocycles. The molecule has 0 radical (unpaired) electrons. The number of aromatic nitrogens is 2. The molecule has 1 fully saturated rings. The molecular weight excluding hydrogens is 278 g/mol. The number of rotatable bonds is 5. The molecule has 0 amide bonds. The van der Waals surface area contributed by atoms with Crippen molar-refractivity contribution in [2.45, 2.75) is 30.9 Å². The Labute approximate surface area is 119 Å². The highest BCUT2D eigenvalue weighted by molar-refractivity contribution is 7.91. The summed E-state index contributed by atoms with van der Waals surface area (Å²) < 4.78 is 28.0. The Morgan fingerprint density at radius 3 is 2.65 bits per heavy atom. The van der Waals surface area contributed by atoms with Crippen molar-refractivity contribution in [1.82, 2.24) is 9.97 Å². The highest BCUT2D eigenvalue weighted by Gasteiger charge is 2.27. The van der Waals surface area contributed by atoms with Crippen LogP contribution in [0.25, 0.3) is 0 Å². The fourth-order valence-electron chi connectivity index (χ4n) is 2.54. The van der Waals surface area contributed by atoms with Gasteiger partial charge in [-0.25, -0.2) is 13.4 Å². The summed E-state index contributed by atoms with van der Waals surface area (Å²) in [4.78, 5) is 8.32. The van der Waals surface area contributed by atoms with Crippen LogP contribution in [-0.2, 0) is 9.84 Å². The normalized spacial score (nSPS) is 23.3. The molecule has 1 aliphatic rings. The third-order valence-electron chi connectivity index (χ3n) is 3.79. The number of methoxy groups -OCH3 is 1. The van der Waals surface area contributed by atoms with Crippen LogP contribution in [0.3, 0.4) is 0 Å². The largest absolute Gasteiger partial charge is 0.481 e. The van der Waals surface area contributed by atoms with Crippen LogP contribution in [0.15, 0.2) is 12.3 Å². The van der Waals surface area contributed by atoms with Crippen molar-refractivity contribution in [3.63, 3.8) is 0 Å². The van der Waals surface area contributed by atoms with Crippen molar-refractivity contribution in [2.75, 3.05) is 25.2 Å². The molecule has 0 spiro atoms. The van der Waals surface area contributed by atoms with E-state index in [4.69, 9.17) is 4.74 Å². The second-order valence-corrected chi connectivity index (χ2v) is 7.60. The van der Waals surface area contributed by atoms with Gasteiger partial charge < -0.3 is 10.1 Å². The van der Waals surface area contributed by atoms with Gasteiger partial charge in [-0.1, -0.05) is 0 Å². The van der Waals surface area contributed by atoms with E-state index in [9.17, 15) is 8.42 Å². The monoisotopic (exact) mass is 299 g/mol. The molecular formula is C13H21N3O3S. The summed E-state index contributed by atoms with van der Waals surface area (Å²) in [5, 5.41) is 3.03. The van der Waals surface area contributed by atoms with Gasteiger partial charge in [-0.05, 0) is 31.6 Å². The maximum atomic E-state index is 11.5. The lowest BCUT2D eigenvalue weighted by molar-refractivity contribution is 0.371. The number of nitrogens with one attached hydrogen (secondary N) is 1. The Hall–Kier alpha value is -1.37. The molecule has 20 heavy (non-hydrogen) atoms. The van der Waals surface area contributed by atoms with Gasteiger partial charge in [0.2, 0.25) is 11.8 Å². The van der Waals surface area contributed by atoms with Crippen LogP contribution in [0.1, 0.15) is 25.7 Å². The molecule has 1 saturated carbocycles. The molecule has 0 saturated heterocycles. The first-order chi connectivity index (χ1) is 9.49. The lowest BCUT2D eigenvalue weighted by atomic mass is 9.89. The van der Waals surface area contributed by atoms with Crippen LogP contribution in [0.5, 0.6) is 5.88 Å². The molecule has 1 N–H and O–H groups in total. The molecule has 0 atom stereocenters. The highest BCUT2D eigenvalue weighted by atomic mass is 32.2. The smallest absolute Gasteiger partial charge is 0.225 e. The SMILES string of the molecule is COc1ccnc(NCC2CCC(S(C)(=O)=O)CC2)n1. The van der Waals surface area contributed by atoms with Gasteiger partial charge in [0.15, 0.2) is 0 Å². The lowest BCUT2D eigenvalue weighted by Gasteiger charge is -2.27. The first kappa shape index (κ1) is 15.0. The number of anilines is 1. The van der Waals surface area contributed by atoms with Gasteiger partial charge in [0, 0.05) is 25.1 Å². The first-order valence-corrected chi connectivity index (χ1v) is 8.74. The van der Waals surface area contributed by atoms with Crippen molar-refractivity contribution in [1.29, 1.82) is 0 Å². The van der Waals surface area contributed by atoms with Crippen molar-refractivity contribution < 1.29 is 13.2 Å². The van der Waals surface area contributed by atoms with Crippen LogP contribution in [-0.4, -0.2) is 43.5 Å². The number of hydrogen-bond acceptors (Lipinski definition) is 6. The predicted octanol–water partition coefficient (Wildman–Crippen LogP) is 1.50. The Bertz CT molecular complexity index is 540. The van der Waals surface area contributed by atoms with Crippen LogP contribution >= 0.6 is 0 Å². The summed E-state index contributed by atoms with van der Waals surface area (Å²) in [5.74, 6) is 1.56. The number of hydrogen-bond donors (Lipinski definition) is 1. The van der Waals surface area contributed by atoms with Gasteiger partial charge in [-0.3, -0.25) is 0 Å². The second-order valence-electron chi connectivity index (χ2n) is 5.28. The van der Waals surface area contributed by atoms with E-state index in [1.54, 1.807) is 19.4 Å². The molecule has 0 aromatic carbocycles. The fraction of sp³-hybridized carbons (Fsp3) is 0.692. The maximum absolute atomic E-state index is 11.5. The van der Waals surface area contributed by atoms with E-state index in [1.165, 1.54) is 6.26 Å². The van der Waals surface area contributed by atoms with Crippen LogP contribution in [0.2, 0.25) is 0 Å². The van der Waals surface area contributed by atoms with Crippen molar-refractivity contribution in [2.24, 2.45) is 5.92 Å². The summed E-state index contributed by atoms with van der Waals surface area (Å²) >= 11 is 0. The summed E-state index contributed by atoms with van der Waals surface area (Å²) in [6.45, 7) is 0.768. The molecule has 1 aliphatic carbocycles. The minimum atomic E-state index is -2.89. The molecule has 6 nitrogen and oxygen atoms in total. The third-order valence-corrected chi connectivity index (χ3v) is 5.47. The maximum Gasteiger partial charge on any atom is 0.225 e. The van der Waals surface area contributed by atoms with Crippen LogP contribution in [0, 0.1) is 5.92 Å². The van der Waals surface area contributed by atoms with Gasteiger partial charge in [0.25, 0.3) is 0 Å². The molecule has 112 valence electrons. The number of sulfone groups is 1. The number of ether oxygens (including phenoxy) is 1. The molecule has 7 heteroatoms. The van der Waals surface area contributed by atoms with Gasteiger partial charge in [-0.15, -0.1) is 0 Å². The van der Waals surface area contributed by atoms with E-state index in [2.05, 4.69) is 15.3 Å². The predicted molar refractivity (Wildman–Crippen MR) is 77.7 cm³/mol. The van der Waals surface area contributed by atoms with Crippen molar-refractivity contribution >= 4 is 15.8 Å². The lowest BCUT2D eigenvalue weighted by Crippen LogP contribution is -2.29. The Morgan fingerprint density at radius 1 is 1.35 bits per heavy atom. The summed E-state index contributed by atoms with van der Waals surface area (Å²) in [6.07, 6.45) is 6.34. The standard InChI is InChI=1S/C13H21N3O3S/c1-19-12-7-8-14-13(16-12)15-9-10-3-5-11(6-4-10)20(2,17)18/h7-8,10-11H,3-6,9H2,1-2H3,(H,14,15,16). The van der Waals surface area contributed by atoms with E-state index < -0.39 is 9.84 Å². The first-order valence-electron chi connectivity index (χ1n) is 6.79. The zero-order valence-electron chi connectivity index (χ0n) is 11.9. The zero-order chi connectivity index (χ0) is 14.6. The number of nitrogens with zero attached hydrogens (tertiary/aromatic N) is 2. The van der Waals surface area contributed by atoms with E-state index >= 15 is 0 Å². The Balaban J connectivity index is 1.81. The zero-order valence-corrected chi connectivity index (χ0v) is 12.7. The molecule has 1 heterocycles. The van der Waals surface area contributed by atoms with Gasteiger partial charge in [0.1, 0.15) is 9.84 Å². The molecule has 0 bridgehead atoms. The fourth-order valence-corrected chi connectivity index (χ4v) is 3.67. The van der Waals surface area contributed by atoms with Gasteiger partial charge >= 0.3 is 0 Å². The van der Waals surface area contributed by atoms with Gasteiger partial charge in [-0.2, -0.15) is 4.98 Å². The Kier molecular flexibility index (Phi) is 4.80. The summed E-state index contributed by atoms with van der Waals surface area (Å²) in [6, 6.07) is 1.70. The molecule has 0 unspecified atom stereocenters. The highest BCUT2D eigenvalue weighted by Crippen LogP contribution is 2.28. The molecule has 1 aromatic heterocycles. The Morgan fingerprint density at radius 2 is 2.05 bits per heavy atom. The summed E-state index contributed by atoms with van der Waals surface area (Å²) in [7, 11) is -1.32. The topological polar surface area (TPSA) is 81.2 Å². The van der Waals surface area contributed by atoms with Crippen molar-refractivity contribution in [3.8, 4) is 5.88 Å². The molecule has 1 aromatic rings. The van der Waals surface area contributed by atoms with Gasteiger partial charge in [0.05, 0.1) is 12.4 Å². The summed E-state index contributed by atoms with van der Waals surface area (Å²) in [5.41, 5.74) is 0. The van der Waals surface area contributed by atoms with E-state index in [0.29, 0.717) is 17.7 Å². The average molecular weight is 299 g/mol. The average Bonchev–Trinajstić information content (AvgIpc) is 2.45. The van der Waals surface area contributed by atoms with E-state index in [-0.39, 0.29) is 5.25 Å². The van der Waals surface area contributed by atoms with Crippen molar-refractivity contribution in [3.05, 3.63) is 12.3 Å². The third kappa shape index (κ3) is 4.06. The minimum Gasteiger partial charge on any atom is -0.481 e. The second kappa shape index (κ2) is 6.39. The minimum absolute atomic E-state index is 0.160.